The number of rotatable bonds is 1. The Morgan fingerprint density at radius 2 is 1.57 bits per heavy atom. The third-order valence-electron chi connectivity index (χ3n) is 2.85. The Kier molecular flexibility index (Phi) is 9.64. The average molecular weight is 222 g/mol. The van der Waals surface area contributed by atoms with Crippen LogP contribution in [-0.4, -0.2) is 37.1 Å². The number of piperidine rings is 1. The van der Waals surface area contributed by atoms with Gasteiger partial charge in [-0.25, -0.2) is 0 Å². The van der Waals surface area contributed by atoms with Crippen LogP contribution in [0.5, 0.6) is 0 Å². The van der Waals surface area contributed by atoms with E-state index < -0.39 is 0 Å². The zero-order valence-corrected chi connectivity index (χ0v) is 13.4. The van der Waals surface area contributed by atoms with Crippen molar-refractivity contribution in [1.29, 1.82) is 0 Å². The van der Waals surface area contributed by atoms with Crippen molar-refractivity contribution < 1.29 is 51.4 Å². The molecule has 2 rings (SSSR count). The molecule has 2 aliphatic heterocycles. The summed E-state index contributed by atoms with van der Waals surface area (Å²) in [4.78, 5) is 2.62. The van der Waals surface area contributed by atoms with Crippen LogP contribution in [0.2, 0.25) is 0 Å². The summed E-state index contributed by atoms with van der Waals surface area (Å²) in [6.07, 6.45) is 2.62. The standard InChI is InChI=1S/C9H17N2.C2H6.K/c1-8-6-11(7-8)9-2-4-10-5-3-9;1-2;/h8-9H,2-7H2,1H3;1-2H3;/q-1;;+1. The summed E-state index contributed by atoms with van der Waals surface area (Å²) in [5.41, 5.74) is 0. The zero-order valence-electron chi connectivity index (χ0n) is 10.3. The molecule has 0 radical (unpaired) electrons. The largest absolute Gasteiger partial charge is 1.00 e. The molecule has 2 heterocycles. The quantitative estimate of drug-likeness (QED) is 0.547. The van der Waals surface area contributed by atoms with Crippen molar-refractivity contribution in [2.24, 2.45) is 5.92 Å². The molecule has 0 aromatic rings. The number of nitrogens with zero attached hydrogens (tertiary/aromatic N) is 2. The van der Waals surface area contributed by atoms with Gasteiger partial charge >= 0.3 is 51.4 Å². The zero-order chi connectivity index (χ0) is 9.68. The molecule has 0 aromatic heterocycles. The number of hydrogen-bond donors (Lipinski definition) is 0. The van der Waals surface area contributed by atoms with E-state index in [1.807, 2.05) is 13.8 Å². The fraction of sp³-hybridized carbons (Fsp3) is 1.00. The van der Waals surface area contributed by atoms with Crippen molar-refractivity contribution in [1.82, 2.24) is 4.90 Å². The molecule has 0 saturated carbocycles. The molecule has 0 atom stereocenters. The van der Waals surface area contributed by atoms with Gasteiger partial charge in [0, 0.05) is 19.1 Å². The molecule has 2 fully saturated rings. The Morgan fingerprint density at radius 1 is 1.07 bits per heavy atom. The van der Waals surface area contributed by atoms with E-state index >= 15 is 0 Å². The SMILES string of the molecule is CC.CC1CN(C2CC[N-]CC2)C1.[K+]. The maximum Gasteiger partial charge on any atom is 1.00 e. The van der Waals surface area contributed by atoms with Crippen LogP contribution in [0.15, 0.2) is 0 Å². The molecule has 3 heteroatoms. The van der Waals surface area contributed by atoms with E-state index in [-0.39, 0.29) is 51.4 Å². The molecule has 0 spiro atoms. The second-order valence-electron chi connectivity index (χ2n) is 3.96. The predicted molar refractivity (Wildman–Crippen MR) is 58.2 cm³/mol. The van der Waals surface area contributed by atoms with Gasteiger partial charge in [-0.2, -0.15) is 0 Å². The van der Waals surface area contributed by atoms with Gasteiger partial charge in [0.2, 0.25) is 0 Å². The van der Waals surface area contributed by atoms with Gasteiger partial charge in [-0.3, -0.25) is 4.90 Å². The van der Waals surface area contributed by atoms with E-state index in [0.29, 0.717) is 0 Å². The molecule has 0 aliphatic carbocycles. The van der Waals surface area contributed by atoms with Crippen LogP contribution in [-0.2, 0) is 0 Å². The van der Waals surface area contributed by atoms with E-state index in [1.165, 1.54) is 25.9 Å². The van der Waals surface area contributed by atoms with Crippen LogP contribution in [0.4, 0.5) is 0 Å². The van der Waals surface area contributed by atoms with E-state index in [9.17, 15) is 0 Å². The van der Waals surface area contributed by atoms with Gasteiger partial charge in [-0.15, -0.1) is 13.1 Å². The van der Waals surface area contributed by atoms with E-state index in [0.717, 1.165) is 25.0 Å². The summed E-state index contributed by atoms with van der Waals surface area (Å²) < 4.78 is 0. The van der Waals surface area contributed by atoms with Gasteiger partial charge in [0.25, 0.3) is 0 Å². The normalized spacial score (nSPS) is 24.2. The Labute approximate surface area is 132 Å². The molecule has 78 valence electrons. The average Bonchev–Trinajstić information content (AvgIpc) is 2.18. The molecule has 0 bridgehead atoms. The van der Waals surface area contributed by atoms with Crippen LogP contribution in [0.3, 0.4) is 0 Å². The minimum Gasteiger partial charge on any atom is -0.662 e. The van der Waals surface area contributed by atoms with Crippen LogP contribution < -0.4 is 51.4 Å². The summed E-state index contributed by atoms with van der Waals surface area (Å²) in [7, 11) is 0. The van der Waals surface area contributed by atoms with Crippen molar-refractivity contribution in [3.63, 3.8) is 0 Å². The molecule has 0 aromatic carbocycles. The van der Waals surface area contributed by atoms with Crippen LogP contribution in [0.1, 0.15) is 33.6 Å². The third-order valence-corrected chi connectivity index (χ3v) is 2.85. The van der Waals surface area contributed by atoms with Crippen LogP contribution in [0.25, 0.3) is 5.32 Å². The smallest absolute Gasteiger partial charge is 0.662 e. The molecule has 0 unspecified atom stereocenters. The van der Waals surface area contributed by atoms with Gasteiger partial charge in [0.15, 0.2) is 0 Å². The maximum atomic E-state index is 4.36. The molecule has 2 saturated heterocycles. The van der Waals surface area contributed by atoms with Crippen molar-refractivity contribution in [2.45, 2.75) is 39.7 Å². The van der Waals surface area contributed by atoms with Crippen LogP contribution >= 0.6 is 0 Å². The first-order valence-electron chi connectivity index (χ1n) is 5.73. The summed E-state index contributed by atoms with van der Waals surface area (Å²) in [6.45, 7) is 11.2. The van der Waals surface area contributed by atoms with Crippen molar-refractivity contribution in [2.75, 3.05) is 26.2 Å². The molecule has 2 nitrogen and oxygen atoms in total. The van der Waals surface area contributed by atoms with Crippen LogP contribution in [0, 0.1) is 5.92 Å². The van der Waals surface area contributed by atoms with Gasteiger partial charge in [-0.05, 0) is 5.92 Å². The Bertz CT molecular complexity index is 129. The number of likely N-dealkylation sites (tertiary alicyclic amines) is 1. The summed E-state index contributed by atoms with van der Waals surface area (Å²) in [5.74, 6) is 0.953. The molecule has 0 amide bonds. The van der Waals surface area contributed by atoms with E-state index in [4.69, 9.17) is 0 Å². The fourth-order valence-corrected chi connectivity index (χ4v) is 2.15. The molecular formula is C11H23KN2. The minimum atomic E-state index is 0. The van der Waals surface area contributed by atoms with E-state index in [1.54, 1.807) is 0 Å². The van der Waals surface area contributed by atoms with E-state index in [2.05, 4.69) is 17.1 Å². The summed E-state index contributed by atoms with van der Waals surface area (Å²) >= 11 is 0. The Balaban J connectivity index is 0.000000531. The van der Waals surface area contributed by atoms with Crippen molar-refractivity contribution in [3.8, 4) is 0 Å². The van der Waals surface area contributed by atoms with Gasteiger partial charge in [0.1, 0.15) is 0 Å². The molecule has 0 N–H and O–H groups in total. The fourth-order valence-electron chi connectivity index (χ4n) is 2.15. The summed E-state index contributed by atoms with van der Waals surface area (Å²) in [5, 5.41) is 4.36. The topological polar surface area (TPSA) is 17.3 Å². The van der Waals surface area contributed by atoms with Crippen molar-refractivity contribution >= 4 is 0 Å². The molecular weight excluding hydrogens is 199 g/mol. The first kappa shape index (κ1) is 15.6. The molecule has 2 aliphatic rings. The third kappa shape index (κ3) is 4.60. The molecule has 14 heavy (non-hydrogen) atoms. The van der Waals surface area contributed by atoms with Gasteiger partial charge < -0.3 is 5.32 Å². The monoisotopic (exact) mass is 222 g/mol. The maximum absolute atomic E-state index is 4.36. The number of hydrogen-bond acceptors (Lipinski definition) is 1. The second-order valence-corrected chi connectivity index (χ2v) is 3.96. The predicted octanol–water partition coefficient (Wildman–Crippen LogP) is -0.496. The van der Waals surface area contributed by atoms with Gasteiger partial charge in [-0.1, -0.05) is 33.6 Å². The van der Waals surface area contributed by atoms with Gasteiger partial charge in [0.05, 0.1) is 0 Å². The second kappa shape index (κ2) is 8.68. The minimum absolute atomic E-state index is 0. The Hall–Kier alpha value is 1.56. The first-order valence-corrected chi connectivity index (χ1v) is 5.73. The first-order chi connectivity index (χ1) is 6.36. The van der Waals surface area contributed by atoms with Crippen molar-refractivity contribution in [3.05, 3.63) is 5.32 Å². The Morgan fingerprint density at radius 3 is 2.00 bits per heavy atom. The summed E-state index contributed by atoms with van der Waals surface area (Å²) in [6, 6.07) is 0.878.